The van der Waals surface area contributed by atoms with Crippen molar-refractivity contribution in [2.75, 3.05) is 25.0 Å². The summed E-state index contributed by atoms with van der Waals surface area (Å²) in [4.78, 5) is 14.3. The summed E-state index contributed by atoms with van der Waals surface area (Å²) in [7, 11) is 0. The normalized spacial score (nSPS) is 21.5. The highest BCUT2D eigenvalue weighted by Crippen LogP contribution is 2.33. The summed E-state index contributed by atoms with van der Waals surface area (Å²) in [6, 6.07) is 3.45. The number of carbonyl (C=O) groups is 1. The van der Waals surface area contributed by atoms with Crippen LogP contribution in [0.3, 0.4) is 0 Å². The van der Waals surface area contributed by atoms with E-state index < -0.39 is 0 Å². The molecular formula is C14H19Cl4N3O. The van der Waals surface area contributed by atoms with Gasteiger partial charge in [-0.2, -0.15) is 0 Å². The van der Waals surface area contributed by atoms with Gasteiger partial charge in [-0.1, -0.05) is 34.8 Å². The van der Waals surface area contributed by atoms with E-state index in [2.05, 4.69) is 17.1 Å². The van der Waals surface area contributed by atoms with Crippen LogP contribution in [0.1, 0.15) is 13.3 Å². The first-order valence-corrected chi connectivity index (χ1v) is 7.92. The summed E-state index contributed by atoms with van der Waals surface area (Å²) in [6.45, 7) is 3.89. The van der Waals surface area contributed by atoms with Crippen LogP contribution in [0.2, 0.25) is 15.1 Å². The predicted octanol–water partition coefficient (Wildman–Crippen LogP) is 3.68. The third kappa shape index (κ3) is 4.88. The van der Waals surface area contributed by atoms with Gasteiger partial charge >= 0.3 is 0 Å². The zero-order chi connectivity index (χ0) is 15.6. The number of hydrogen-bond donors (Lipinski definition) is 2. The molecule has 8 heteroatoms. The Morgan fingerprint density at radius 3 is 2.45 bits per heavy atom. The van der Waals surface area contributed by atoms with Crippen LogP contribution >= 0.6 is 47.2 Å². The third-order valence-electron chi connectivity index (χ3n) is 3.74. The van der Waals surface area contributed by atoms with Crippen LogP contribution in [0.4, 0.5) is 5.69 Å². The molecule has 1 amide bonds. The number of nitrogens with two attached hydrogens (primary N) is 1. The van der Waals surface area contributed by atoms with E-state index in [0.717, 1.165) is 13.0 Å². The molecule has 2 rings (SSSR count). The van der Waals surface area contributed by atoms with Gasteiger partial charge in [0.25, 0.3) is 0 Å². The molecule has 124 valence electrons. The molecule has 2 atom stereocenters. The van der Waals surface area contributed by atoms with Crippen molar-refractivity contribution in [2.45, 2.75) is 19.4 Å². The van der Waals surface area contributed by atoms with Crippen LogP contribution in [0.25, 0.3) is 0 Å². The second-order valence-corrected chi connectivity index (χ2v) is 6.66. The standard InChI is InChI=1S/C14H18Cl3N3O.ClH/c1-8-2-9(5-18)6-20(8)7-13(21)19-14-11(16)3-10(15)4-12(14)17;/h3-4,8-9H,2,5-7,18H2,1H3,(H,19,21);1H. The second-order valence-electron chi connectivity index (χ2n) is 5.41. The summed E-state index contributed by atoms with van der Waals surface area (Å²) in [6.07, 6.45) is 1.02. The molecule has 1 aliphatic heterocycles. The lowest BCUT2D eigenvalue weighted by atomic mass is 10.1. The van der Waals surface area contributed by atoms with E-state index in [0.29, 0.717) is 45.8 Å². The molecule has 1 aliphatic rings. The van der Waals surface area contributed by atoms with Gasteiger partial charge in [-0.3, -0.25) is 9.69 Å². The highest BCUT2D eigenvalue weighted by atomic mass is 35.5. The summed E-state index contributed by atoms with van der Waals surface area (Å²) < 4.78 is 0. The number of likely N-dealkylation sites (tertiary alicyclic amines) is 1. The Labute approximate surface area is 151 Å². The molecule has 0 saturated carbocycles. The summed E-state index contributed by atoms with van der Waals surface area (Å²) in [5, 5.41) is 3.84. The van der Waals surface area contributed by atoms with Gasteiger partial charge in [0, 0.05) is 17.6 Å². The molecular weight excluding hydrogens is 368 g/mol. The molecule has 0 aromatic heterocycles. The first-order chi connectivity index (χ1) is 9.90. The number of nitrogens with one attached hydrogen (secondary N) is 1. The zero-order valence-corrected chi connectivity index (χ0v) is 15.2. The number of halogens is 4. The van der Waals surface area contributed by atoms with Crippen molar-refractivity contribution in [2.24, 2.45) is 11.7 Å². The smallest absolute Gasteiger partial charge is 0.238 e. The highest BCUT2D eigenvalue weighted by molar-refractivity contribution is 6.42. The predicted molar refractivity (Wildman–Crippen MR) is 95.5 cm³/mol. The van der Waals surface area contributed by atoms with Crippen molar-refractivity contribution in [1.29, 1.82) is 0 Å². The first-order valence-electron chi connectivity index (χ1n) is 6.79. The maximum absolute atomic E-state index is 12.2. The number of anilines is 1. The Hall–Kier alpha value is -0.230. The van der Waals surface area contributed by atoms with E-state index in [4.69, 9.17) is 40.5 Å². The molecule has 1 aromatic rings. The lowest BCUT2D eigenvalue weighted by Gasteiger charge is -2.20. The van der Waals surface area contributed by atoms with Gasteiger partial charge in [0.1, 0.15) is 0 Å². The summed E-state index contributed by atoms with van der Waals surface area (Å²) in [5.74, 6) is 0.307. The average Bonchev–Trinajstić information content (AvgIpc) is 2.74. The molecule has 22 heavy (non-hydrogen) atoms. The monoisotopic (exact) mass is 385 g/mol. The number of nitrogens with zero attached hydrogens (tertiary/aromatic N) is 1. The summed E-state index contributed by atoms with van der Waals surface area (Å²) >= 11 is 18.0. The minimum absolute atomic E-state index is 0. The molecule has 0 radical (unpaired) electrons. The van der Waals surface area contributed by atoms with Gasteiger partial charge < -0.3 is 11.1 Å². The van der Waals surface area contributed by atoms with E-state index in [9.17, 15) is 4.79 Å². The van der Waals surface area contributed by atoms with Crippen molar-refractivity contribution < 1.29 is 4.79 Å². The van der Waals surface area contributed by atoms with E-state index >= 15 is 0 Å². The Morgan fingerprint density at radius 1 is 1.36 bits per heavy atom. The van der Waals surface area contributed by atoms with Gasteiger partial charge in [0.05, 0.1) is 22.3 Å². The molecule has 0 bridgehead atoms. The van der Waals surface area contributed by atoms with Gasteiger partial charge in [-0.05, 0) is 37.9 Å². The minimum Gasteiger partial charge on any atom is -0.330 e. The van der Waals surface area contributed by atoms with Crippen LogP contribution in [-0.4, -0.2) is 36.5 Å². The summed E-state index contributed by atoms with van der Waals surface area (Å²) in [5.41, 5.74) is 6.09. The Balaban J connectivity index is 0.00000242. The van der Waals surface area contributed by atoms with Gasteiger partial charge in [0.15, 0.2) is 0 Å². The molecule has 1 aromatic carbocycles. The van der Waals surface area contributed by atoms with Crippen molar-refractivity contribution in [3.05, 3.63) is 27.2 Å². The fraction of sp³-hybridized carbons (Fsp3) is 0.500. The van der Waals surface area contributed by atoms with Gasteiger partial charge in [-0.15, -0.1) is 12.4 Å². The van der Waals surface area contributed by atoms with Crippen molar-refractivity contribution in [1.82, 2.24) is 4.90 Å². The van der Waals surface area contributed by atoms with Crippen LogP contribution in [0.15, 0.2) is 12.1 Å². The quantitative estimate of drug-likeness (QED) is 0.829. The first kappa shape index (κ1) is 19.8. The fourth-order valence-corrected chi connectivity index (χ4v) is 3.55. The van der Waals surface area contributed by atoms with E-state index in [-0.39, 0.29) is 18.3 Å². The van der Waals surface area contributed by atoms with Crippen LogP contribution in [-0.2, 0) is 4.79 Å². The fourth-order valence-electron chi connectivity index (χ4n) is 2.63. The molecule has 0 aliphatic carbocycles. The molecule has 3 N–H and O–H groups in total. The van der Waals surface area contributed by atoms with Crippen LogP contribution in [0.5, 0.6) is 0 Å². The number of hydrogen-bond acceptors (Lipinski definition) is 3. The van der Waals surface area contributed by atoms with Crippen LogP contribution < -0.4 is 11.1 Å². The molecule has 0 spiro atoms. The van der Waals surface area contributed by atoms with Crippen LogP contribution in [0, 0.1) is 5.92 Å². The SMILES string of the molecule is CC1CC(CN)CN1CC(=O)Nc1c(Cl)cc(Cl)cc1Cl.Cl. The number of amides is 1. The number of carbonyl (C=O) groups excluding carboxylic acids is 1. The van der Waals surface area contributed by atoms with E-state index in [1.807, 2.05) is 0 Å². The molecule has 2 unspecified atom stereocenters. The second kappa shape index (κ2) is 8.57. The van der Waals surface area contributed by atoms with Gasteiger partial charge in [-0.25, -0.2) is 0 Å². The number of rotatable bonds is 4. The average molecular weight is 387 g/mol. The highest BCUT2D eigenvalue weighted by Gasteiger charge is 2.29. The third-order valence-corrected chi connectivity index (χ3v) is 4.56. The topological polar surface area (TPSA) is 58.4 Å². The van der Waals surface area contributed by atoms with Crippen molar-refractivity contribution >= 4 is 58.8 Å². The van der Waals surface area contributed by atoms with Crippen molar-refractivity contribution in [3.8, 4) is 0 Å². The van der Waals surface area contributed by atoms with E-state index in [1.54, 1.807) is 12.1 Å². The minimum atomic E-state index is -0.148. The molecule has 1 saturated heterocycles. The van der Waals surface area contributed by atoms with Gasteiger partial charge in [0.2, 0.25) is 5.91 Å². The lowest BCUT2D eigenvalue weighted by molar-refractivity contribution is -0.117. The Bertz CT molecular complexity index is 518. The Morgan fingerprint density at radius 2 is 1.95 bits per heavy atom. The van der Waals surface area contributed by atoms with Crippen molar-refractivity contribution in [3.63, 3.8) is 0 Å². The zero-order valence-electron chi connectivity index (χ0n) is 12.1. The molecule has 4 nitrogen and oxygen atoms in total. The maximum atomic E-state index is 12.2. The van der Waals surface area contributed by atoms with E-state index in [1.165, 1.54) is 0 Å². The molecule has 1 heterocycles. The largest absolute Gasteiger partial charge is 0.330 e. The maximum Gasteiger partial charge on any atom is 0.238 e. The number of benzene rings is 1. The molecule has 1 fully saturated rings. The lowest BCUT2D eigenvalue weighted by Crippen LogP contribution is -2.36. The Kier molecular flexibility index (Phi) is 7.72.